The molecular weight excluding hydrogens is 589 g/mol. The molecule has 1 N–H and O–H groups in total. The quantitative estimate of drug-likeness (QED) is 0.267. The molecule has 6 heteroatoms. The number of hydrogen-bond donors (Lipinski definition) is 0. The first-order chi connectivity index (χ1) is 12.7. The molecular formula is C24H50N2OP2Pt+2. The van der Waals surface area contributed by atoms with Crippen molar-refractivity contribution >= 4 is 21.8 Å². The van der Waals surface area contributed by atoms with Crippen LogP contribution < -0.4 is 0 Å². The van der Waals surface area contributed by atoms with Gasteiger partial charge in [0, 0.05) is 33.4 Å². The van der Waals surface area contributed by atoms with Crippen molar-refractivity contribution in [3.63, 3.8) is 0 Å². The molecule has 0 aromatic carbocycles. The van der Waals surface area contributed by atoms with Crippen LogP contribution in [0.2, 0.25) is 0 Å². The Morgan fingerprint density at radius 3 is 1.13 bits per heavy atom. The van der Waals surface area contributed by atoms with E-state index in [1.54, 1.807) is 0 Å². The number of amides is 1. The van der Waals surface area contributed by atoms with E-state index in [0.717, 1.165) is 6.42 Å². The van der Waals surface area contributed by atoms with Crippen molar-refractivity contribution in [2.24, 2.45) is 0 Å². The van der Waals surface area contributed by atoms with Crippen LogP contribution in [0.15, 0.2) is 24.0 Å². The van der Waals surface area contributed by atoms with Gasteiger partial charge in [0.05, 0.1) is 20.6 Å². The molecule has 0 heterocycles. The van der Waals surface area contributed by atoms with Gasteiger partial charge in [-0.05, 0) is 89.5 Å². The van der Waals surface area contributed by atoms with Gasteiger partial charge >= 0.3 is 21.1 Å². The van der Waals surface area contributed by atoms with E-state index in [0.29, 0.717) is 27.0 Å². The molecule has 1 amide bonds. The second-order valence-electron chi connectivity index (χ2n) is 11.8. The van der Waals surface area contributed by atoms with Gasteiger partial charge in [0.2, 0.25) is 0 Å². The largest absolute Gasteiger partial charge is 2.00 e. The first-order valence-corrected chi connectivity index (χ1v) is 13.9. The molecule has 0 spiro atoms. The summed E-state index contributed by atoms with van der Waals surface area (Å²) in [6.45, 7) is 30.1. The van der Waals surface area contributed by atoms with E-state index < -0.39 is 21.8 Å². The van der Waals surface area contributed by atoms with Gasteiger partial charge in [0.15, 0.2) is 0 Å². The molecule has 3 nitrogen and oxygen atoms in total. The van der Waals surface area contributed by atoms with Crippen molar-refractivity contribution in [3.05, 3.63) is 35.1 Å². The third-order valence-corrected chi connectivity index (χ3v) is 11.8. The van der Waals surface area contributed by atoms with Crippen molar-refractivity contribution in [1.82, 2.24) is 0 Å². The third kappa shape index (κ3) is 16.9. The first-order valence-electron chi connectivity index (χ1n) is 10.8. The Kier molecular flexibility index (Phi) is 16.8. The van der Waals surface area contributed by atoms with Crippen LogP contribution >= 0.6 is 15.8 Å². The van der Waals surface area contributed by atoms with Crippen LogP contribution in [0.3, 0.4) is 0 Å². The summed E-state index contributed by atoms with van der Waals surface area (Å²) in [6.07, 6.45) is 5.29. The van der Waals surface area contributed by atoms with Crippen LogP contribution in [-0.2, 0) is 25.9 Å². The number of carbonyl (C=O) groups is 1. The summed E-state index contributed by atoms with van der Waals surface area (Å²) >= 11 is 0. The van der Waals surface area contributed by atoms with Crippen LogP contribution in [0.4, 0.5) is 0 Å². The molecule has 0 aromatic heterocycles. The SMILES string of the molecule is CC(C)(C)[PH+](/C=C\[N-]/C=C\[PH+](C(C)(C)C)C(C)(C)C)C(C)(C)C.CCCC([NH-])=O.[Pt+2]. The molecule has 0 fully saturated rings. The Morgan fingerprint density at radius 2 is 1.00 bits per heavy atom. The number of nitrogens with zero attached hydrogens (tertiary/aromatic N) is 1. The normalized spacial score (nSPS) is 13.4. The maximum absolute atomic E-state index is 9.71. The molecule has 0 atom stereocenters. The molecule has 0 saturated carbocycles. The van der Waals surface area contributed by atoms with Gasteiger partial charge in [-0.3, -0.25) is 0 Å². The molecule has 0 aliphatic carbocycles. The van der Waals surface area contributed by atoms with E-state index in [4.69, 9.17) is 5.73 Å². The van der Waals surface area contributed by atoms with Gasteiger partial charge in [-0.25, -0.2) is 0 Å². The third-order valence-electron chi connectivity index (χ3n) is 4.36. The maximum atomic E-state index is 9.71. The molecule has 0 bridgehead atoms. The molecule has 0 aliphatic rings. The monoisotopic (exact) mass is 639 g/mol. The van der Waals surface area contributed by atoms with Gasteiger partial charge in [-0.1, -0.05) is 13.3 Å². The molecule has 180 valence electrons. The van der Waals surface area contributed by atoms with Gasteiger partial charge < -0.3 is 15.8 Å². The van der Waals surface area contributed by atoms with Crippen molar-refractivity contribution in [1.29, 1.82) is 0 Å². The smallest absolute Gasteiger partial charge is 0.668 e. The number of nitrogens with one attached hydrogen (secondary N) is 1. The molecule has 0 rings (SSSR count). The standard InChI is InChI=1S/C20H40NP2.C4H9NO.Pt/c1-17(2,3)22(18(4,5)6)15-13-21-14-16-23(19(7,8)9)20(10,11)12;1-2-3-4(5)6;/h13-16H,1-12H3;2-3H2,1H3,(H2,5,6);/q-1;;+2/p+1/b15-13-,16-14-;;. The molecule has 0 unspecified atom stereocenters. The van der Waals surface area contributed by atoms with E-state index in [1.807, 2.05) is 19.3 Å². The summed E-state index contributed by atoms with van der Waals surface area (Å²) in [5, 5.41) is 6.00. The topological polar surface area (TPSA) is 55.0 Å². The van der Waals surface area contributed by atoms with Crippen LogP contribution in [0.5, 0.6) is 0 Å². The fourth-order valence-corrected chi connectivity index (χ4v) is 10.7. The second-order valence-corrected chi connectivity index (χ2v) is 20.1. The second kappa shape index (κ2) is 14.4. The first kappa shape index (κ1) is 34.9. The summed E-state index contributed by atoms with van der Waals surface area (Å²) in [6, 6.07) is 0. The fourth-order valence-electron chi connectivity index (χ4n) is 3.76. The van der Waals surface area contributed by atoms with Gasteiger partial charge in [-0.15, -0.1) is 12.4 Å². The Balaban J connectivity index is -0.000000905. The minimum Gasteiger partial charge on any atom is -0.668 e. The predicted molar refractivity (Wildman–Crippen MR) is 142 cm³/mol. The fraction of sp³-hybridized carbons (Fsp3) is 0.792. The summed E-state index contributed by atoms with van der Waals surface area (Å²) in [5.74, 6) is 4.31. The van der Waals surface area contributed by atoms with E-state index in [1.165, 1.54) is 0 Å². The number of rotatable bonds is 6. The Bertz CT molecular complexity index is 465. The van der Waals surface area contributed by atoms with E-state index in [9.17, 15) is 4.79 Å². The maximum Gasteiger partial charge on any atom is 2.00 e. The summed E-state index contributed by atoms with van der Waals surface area (Å²) < 4.78 is 0. The number of carbonyl (C=O) groups excluding carboxylic acids is 1. The van der Waals surface area contributed by atoms with E-state index in [2.05, 4.69) is 100 Å². The summed E-state index contributed by atoms with van der Waals surface area (Å²) in [4.78, 5) is 9.71. The van der Waals surface area contributed by atoms with Crippen LogP contribution in [0.25, 0.3) is 11.1 Å². The van der Waals surface area contributed by atoms with E-state index >= 15 is 0 Å². The molecule has 0 saturated heterocycles. The van der Waals surface area contributed by atoms with Crippen molar-refractivity contribution in [2.45, 2.75) is 123 Å². The zero-order valence-corrected chi connectivity index (χ0v) is 26.2. The summed E-state index contributed by atoms with van der Waals surface area (Å²) in [5.41, 5.74) is 6.34. The molecule has 0 radical (unpaired) electrons. The Hall–Kier alpha value is 0.298. The van der Waals surface area contributed by atoms with Gasteiger partial charge in [-0.2, -0.15) is 0 Å². The van der Waals surface area contributed by atoms with Crippen LogP contribution in [0.1, 0.15) is 103 Å². The predicted octanol–water partition coefficient (Wildman–Crippen LogP) is 9.29. The minimum absolute atomic E-state index is 0. The number of hydrogen-bond acceptors (Lipinski definition) is 1. The van der Waals surface area contributed by atoms with Crippen LogP contribution in [0, 0.1) is 0 Å². The zero-order valence-electron chi connectivity index (χ0n) is 21.9. The van der Waals surface area contributed by atoms with Gasteiger partial charge in [0.1, 0.15) is 0 Å². The van der Waals surface area contributed by atoms with Crippen molar-refractivity contribution < 1.29 is 25.9 Å². The average Bonchev–Trinajstić information content (AvgIpc) is 2.40. The summed E-state index contributed by atoms with van der Waals surface area (Å²) in [7, 11) is -1.26. The van der Waals surface area contributed by atoms with Crippen LogP contribution in [-0.4, -0.2) is 26.5 Å². The Labute approximate surface area is 205 Å². The van der Waals surface area contributed by atoms with E-state index in [-0.39, 0.29) is 21.1 Å². The Morgan fingerprint density at radius 1 is 0.733 bits per heavy atom. The molecule has 0 aromatic rings. The van der Waals surface area contributed by atoms with Crippen molar-refractivity contribution in [3.8, 4) is 0 Å². The molecule has 30 heavy (non-hydrogen) atoms. The minimum atomic E-state index is -0.632. The average molecular weight is 640 g/mol. The zero-order chi connectivity index (χ0) is 23.7. The van der Waals surface area contributed by atoms with Gasteiger partial charge in [0.25, 0.3) is 0 Å². The molecule has 0 aliphatic heterocycles. The van der Waals surface area contributed by atoms with Crippen molar-refractivity contribution in [2.75, 3.05) is 0 Å².